The number of hydrogen-bond donors (Lipinski definition) is 1. The first kappa shape index (κ1) is 9.03. The van der Waals surface area contributed by atoms with E-state index >= 15 is 0 Å². The van der Waals surface area contributed by atoms with Gasteiger partial charge in [0.1, 0.15) is 17.8 Å². The third-order valence-corrected chi connectivity index (χ3v) is 2.45. The van der Waals surface area contributed by atoms with E-state index < -0.39 is 0 Å². The minimum absolute atomic E-state index is 0.236. The molecule has 0 fully saturated rings. The number of halogens is 1. The molecule has 0 atom stereocenters. The lowest BCUT2D eigenvalue weighted by Gasteiger charge is -1.96. The summed E-state index contributed by atoms with van der Waals surface area (Å²) in [6, 6.07) is 8.28. The van der Waals surface area contributed by atoms with Crippen LogP contribution in [0.15, 0.2) is 42.9 Å². The molecular formula is C12H8FN3. The van der Waals surface area contributed by atoms with Gasteiger partial charge in [-0.25, -0.2) is 14.4 Å². The highest BCUT2D eigenvalue weighted by atomic mass is 19.1. The maximum atomic E-state index is 12.8. The Labute approximate surface area is 91.0 Å². The Morgan fingerprint density at radius 2 is 1.94 bits per heavy atom. The summed E-state index contributed by atoms with van der Waals surface area (Å²) in [5.74, 6) is -0.236. The Morgan fingerprint density at radius 1 is 1.12 bits per heavy atom. The van der Waals surface area contributed by atoms with E-state index in [0.29, 0.717) is 0 Å². The first-order valence-corrected chi connectivity index (χ1v) is 4.87. The molecule has 16 heavy (non-hydrogen) atoms. The zero-order valence-electron chi connectivity index (χ0n) is 8.31. The van der Waals surface area contributed by atoms with Crippen molar-refractivity contribution in [3.63, 3.8) is 0 Å². The molecule has 78 valence electrons. The summed E-state index contributed by atoms with van der Waals surface area (Å²) in [6.07, 6.45) is 3.24. The quantitative estimate of drug-likeness (QED) is 0.675. The highest BCUT2D eigenvalue weighted by Gasteiger charge is 2.03. The molecule has 4 heteroatoms. The summed E-state index contributed by atoms with van der Waals surface area (Å²) in [5.41, 5.74) is 2.63. The van der Waals surface area contributed by atoms with Crippen LogP contribution in [0.2, 0.25) is 0 Å². The van der Waals surface area contributed by atoms with Gasteiger partial charge in [0.15, 0.2) is 0 Å². The van der Waals surface area contributed by atoms with E-state index in [0.717, 1.165) is 22.3 Å². The molecule has 0 aliphatic carbocycles. The second kappa shape index (κ2) is 3.41. The van der Waals surface area contributed by atoms with Gasteiger partial charge in [0, 0.05) is 17.3 Å². The molecule has 2 heterocycles. The standard InChI is InChI=1S/C12H8FN3/c13-10-3-1-8(2-4-10)11-5-9-6-14-7-15-12(9)16-11/h1-7H,(H,14,15,16). The van der Waals surface area contributed by atoms with E-state index in [1.807, 2.05) is 6.07 Å². The lowest BCUT2D eigenvalue weighted by atomic mass is 10.1. The van der Waals surface area contributed by atoms with E-state index in [2.05, 4.69) is 15.0 Å². The number of nitrogens with zero attached hydrogens (tertiary/aromatic N) is 2. The molecule has 0 radical (unpaired) electrons. The van der Waals surface area contributed by atoms with E-state index in [9.17, 15) is 4.39 Å². The number of fused-ring (bicyclic) bond motifs is 1. The van der Waals surface area contributed by atoms with Gasteiger partial charge >= 0.3 is 0 Å². The molecule has 0 spiro atoms. The van der Waals surface area contributed by atoms with Crippen LogP contribution in [0.3, 0.4) is 0 Å². The predicted octanol–water partition coefficient (Wildman–Crippen LogP) is 2.76. The number of benzene rings is 1. The van der Waals surface area contributed by atoms with Gasteiger partial charge in [-0.05, 0) is 35.9 Å². The normalized spacial score (nSPS) is 10.8. The first-order valence-electron chi connectivity index (χ1n) is 4.87. The van der Waals surface area contributed by atoms with Crippen LogP contribution in [-0.4, -0.2) is 15.0 Å². The predicted molar refractivity (Wildman–Crippen MR) is 59.3 cm³/mol. The van der Waals surface area contributed by atoms with Gasteiger partial charge in [-0.1, -0.05) is 0 Å². The average Bonchev–Trinajstić information content (AvgIpc) is 2.73. The van der Waals surface area contributed by atoms with Crippen LogP contribution in [0.5, 0.6) is 0 Å². The molecule has 0 amide bonds. The van der Waals surface area contributed by atoms with Crippen molar-refractivity contribution in [2.45, 2.75) is 0 Å². The molecule has 0 aliphatic rings. The topological polar surface area (TPSA) is 41.6 Å². The van der Waals surface area contributed by atoms with Crippen molar-refractivity contribution in [3.05, 3.63) is 48.7 Å². The molecule has 0 unspecified atom stereocenters. The molecule has 3 nitrogen and oxygen atoms in total. The van der Waals surface area contributed by atoms with Gasteiger partial charge < -0.3 is 4.98 Å². The van der Waals surface area contributed by atoms with Crippen LogP contribution >= 0.6 is 0 Å². The van der Waals surface area contributed by atoms with Crippen LogP contribution in [0.1, 0.15) is 0 Å². The third-order valence-electron chi connectivity index (χ3n) is 2.45. The third kappa shape index (κ3) is 1.44. The molecule has 1 N–H and O–H groups in total. The monoisotopic (exact) mass is 213 g/mol. The number of rotatable bonds is 1. The molecule has 0 saturated heterocycles. The maximum Gasteiger partial charge on any atom is 0.141 e. The van der Waals surface area contributed by atoms with Gasteiger partial charge in [0.25, 0.3) is 0 Å². The fourth-order valence-corrected chi connectivity index (χ4v) is 1.65. The van der Waals surface area contributed by atoms with Gasteiger partial charge in [-0.2, -0.15) is 0 Å². The molecule has 2 aromatic heterocycles. The zero-order chi connectivity index (χ0) is 11.0. The highest BCUT2D eigenvalue weighted by molar-refractivity contribution is 5.82. The number of aromatic nitrogens is 3. The Bertz CT molecular complexity index is 595. The Kier molecular flexibility index (Phi) is 1.93. The minimum Gasteiger partial charge on any atom is -0.339 e. The van der Waals surface area contributed by atoms with Crippen LogP contribution in [0, 0.1) is 5.82 Å². The Balaban J connectivity index is 2.15. The molecule has 0 aliphatic heterocycles. The van der Waals surface area contributed by atoms with Crippen molar-refractivity contribution in [1.29, 1.82) is 0 Å². The van der Waals surface area contributed by atoms with Gasteiger partial charge in [0.05, 0.1) is 0 Å². The van der Waals surface area contributed by atoms with Crippen molar-refractivity contribution in [2.24, 2.45) is 0 Å². The second-order valence-electron chi connectivity index (χ2n) is 3.52. The largest absolute Gasteiger partial charge is 0.339 e. The molecule has 3 aromatic rings. The molecular weight excluding hydrogens is 205 g/mol. The highest BCUT2D eigenvalue weighted by Crippen LogP contribution is 2.22. The van der Waals surface area contributed by atoms with Gasteiger partial charge in [-0.3, -0.25) is 0 Å². The van der Waals surface area contributed by atoms with Crippen LogP contribution in [-0.2, 0) is 0 Å². The van der Waals surface area contributed by atoms with E-state index in [4.69, 9.17) is 0 Å². The van der Waals surface area contributed by atoms with Crippen molar-refractivity contribution in [2.75, 3.05) is 0 Å². The van der Waals surface area contributed by atoms with E-state index in [-0.39, 0.29) is 5.82 Å². The van der Waals surface area contributed by atoms with Crippen LogP contribution in [0.25, 0.3) is 22.3 Å². The van der Waals surface area contributed by atoms with E-state index in [1.165, 1.54) is 18.5 Å². The van der Waals surface area contributed by atoms with Crippen molar-refractivity contribution in [3.8, 4) is 11.3 Å². The lowest BCUT2D eigenvalue weighted by Crippen LogP contribution is -1.79. The van der Waals surface area contributed by atoms with Gasteiger partial charge in [-0.15, -0.1) is 0 Å². The number of H-pyrrole nitrogens is 1. The molecule has 0 bridgehead atoms. The molecule has 1 aromatic carbocycles. The molecule has 0 saturated carbocycles. The summed E-state index contributed by atoms with van der Waals surface area (Å²) < 4.78 is 12.8. The fraction of sp³-hybridized carbons (Fsp3) is 0. The Morgan fingerprint density at radius 3 is 2.69 bits per heavy atom. The average molecular weight is 213 g/mol. The maximum absolute atomic E-state index is 12.8. The summed E-state index contributed by atoms with van der Waals surface area (Å²) in [6.45, 7) is 0. The number of nitrogens with one attached hydrogen (secondary N) is 1. The second-order valence-corrected chi connectivity index (χ2v) is 3.52. The zero-order valence-corrected chi connectivity index (χ0v) is 8.31. The summed E-state index contributed by atoms with van der Waals surface area (Å²) in [4.78, 5) is 11.2. The minimum atomic E-state index is -0.236. The smallest absolute Gasteiger partial charge is 0.141 e. The van der Waals surface area contributed by atoms with Crippen molar-refractivity contribution >= 4 is 11.0 Å². The molecule has 3 rings (SSSR count). The summed E-state index contributed by atoms with van der Waals surface area (Å²) in [7, 11) is 0. The van der Waals surface area contributed by atoms with Crippen molar-refractivity contribution in [1.82, 2.24) is 15.0 Å². The van der Waals surface area contributed by atoms with Crippen molar-refractivity contribution < 1.29 is 4.39 Å². The Hall–Kier alpha value is -2.23. The lowest BCUT2D eigenvalue weighted by molar-refractivity contribution is 0.628. The first-order chi connectivity index (χ1) is 7.83. The summed E-state index contributed by atoms with van der Waals surface area (Å²) in [5, 5.41) is 0.946. The SMILES string of the molecule is Fc1ccc(-c2cc3cncnc3[nH]2)cc1. The fourth-order valence-electron chi connectivity index (χ4n) is 1.65. The number of hydrogen-bond acceptors (Lipinski definition) is 2. The summed E-state index contributed by atoms with van der Waals surface area (Å²) >= 11 is 0. The number of aromatic amines is 1. The van der Waals surface area contributed by atoms with Crippen LogP contribution in [0.4, 0.5) is 4.39 Å². The van der Waals surface area contributed by atoms with Crippen LogP contribution < -0.4 is 0 Å². The van der Waals surface area contributed by atoms with E-state index in [1.54, 1.807) is 18.3 Å². The van der Waals surface area contributed by atoms with Gasteiger partial charge in [0.2, 0.25) is 0 Å².